The molecule has 1 nitrogen and oxygen atoms in total. The third-order valence-electron chi connectivity index (χ3n) is 3.09. The Morgan fingerprint density at radius 2 is 2.44 bits per heavy atom. The third-order valence-corrected chi connectivity index (χ3v) is 4.32. The number of nitrogens with one attached hydrogen (secondary N) is 1. The van der Waals surface area contributed by atoms with E-state index in [-0.39, 0.29) is 11.9 Å². The summed E-state index contributed by atoms with van der Waals surface area (Å²) < 4.78 is 13.0. The van der Waals surface area contributed by atoms with Crippen molar-refractivity contribution in [2.45, 2.75) is 19.4 Å². The number of halogens is 1. The Labute approximate surface area is 101 Å². The second kappa shape index (κ2) is 5.69. The first-order valence-electron chi connectivity index (χ1n) is 5.82. The lowest BCUT2D eigenvalue weighted by molar-refractivity contribution is 0.476. The van der Waals surface area contributed by atoms with E-state index in [1.807, 2.05) is 17.8 Å². The van der Waals surface area contributed by atoms with Gasteiger partial charge in [-0.15, -0.1) is 0 Å². The average Bonchev–Trinajstić information content (AvgIpc) is 2.78. The van der Waals surface area contributed by atoms with Gasteiger partial charge in [0.1, 0.15) is 5.82 Å². The summed E-state index contributed by atoms with van der Waals surface area (Å²) in [6, 6.07) is 7.09. The minimum Gasteiger partial charge on any atom is -0.310 e. The highest BCUT2D eigenvalue weighted by Crippen LogP contribution is 2.23. The molecule has 0 spiro atoms. The van der Waals surface area contributed by atoms with E-state index in [2.05, 4.69) is 12.2 Å². The maximum absolute atomic E-state index is 13.0. The molecule has 1 saturated heterocycles. The van der Waals surface area contributed by atoms with Crippen LogP contribution in [-0.2, 0) is 0 Å². The Bertz CT molecular complexity index is 336. The quantitative estimate of drug-likeness (QED) is 0.865. The first-order chi connectivity index (χ1) is 7.75. The van der Waals surface area contributed by atoms with Gasteiger partial charge in [0.25, 0.3) is 0 Å². The number of thioether (sulfide) groups is 1. The van der Waals surface area contributed by atoms with Crippen molar-refractivity contribution in [2.75, 3.05) is 18.1 Å². The molecular weight excluding hydrogens is 221 g/mol. The smallest absolute Gasteiger partial charge is 0.123 e. The van der Waals surface area contributed by atoms with Crippen LogP contribution >= 0.6 is 11.8 Å². The Kier molecular flexibility index (Phi) is 4.24. The van der Waals surface area contributed by atoms with Crippen molar-refractivity contribution >= 4 is 11.8 Å². The molecule has 0 bridgehead atoms. The van der Waals surface area contributed by atoms with E-state index < -0.39 is 0 Å². The summed E-state index contributed by atoms with van der Waals surface area (Å²) in [6.45, 7) is 3.14. The van der Waals surface area contributed by atoms with Gasteiger partial charge in [0, 0.05) is 6.04 Å². The van der Waals surface area contributed by atoms with Crippen LogP contribution in [0.5, 0.6) is 0 Å². The lowest BCUT2D eigenvalue weighted by Gasteiger charge is -2.17. The first-order valence-corrected chi connectivity index (χ1v) is 6.98. The van der Waals surface area contributed by atoms with Gasteiger partial charge >= 0.3 is 0 Å². The Hall–Kier alpha value is -0.540. The van der Waals surface area contributed by atoms with Crippen molar-refractivity contribution in [1.29, 1.82) is 0 Å². The van der Waals surface area contributed by atoms with Gasteiger partial charge in [-0.3, -0.25) is 0 Å². The molecule has 1 fully saturated rings. The third kappa shape index (κ3) is 3.22. The van der Waals surface area contributed by atoms with Crippen molar-refractivity contribution in [1.82, 2.24) is 5.32 Å². The fraction of sp³-hybridized carbons (Fsp3) is 0.538. The fourth-order valence-corrected chi connectivity index (χ4v) is 3.27. The van der Waals surface area contributed by atoms with Crippen LogP contribution in [0.3, 0.4) is 0 Å². The summed E-state index contributed by atoms with van der Waals surface area (Å²) in [6.07, 6.45) is 1.31. The molecule has 0 saturated carbocycles. The van der Waals surface area contributed by atoms with E-state index in [4.69, 9.17) is 0 Å². The SMILES string of the molecule is C[C@H](NCC1CCSC1)c1cccc(F)c1. The lowest BCUT2D eigenvalue weighted by Crippen LogP contribution is -2.25. The second-order valence-electron chi connectivity index (χ2n) is 4.41. The molecular formula is C13H18FNS. The summed E-state index contributed by atoms with van der Waals surface area (Å²) in [5.41, 5.74) is 1.03. The summed E-state index contributed by atoms with van der Waals surface area (Å²) in [7, 11) is 0. The molecule has 1 aromatic rings. The molecule has 3 heteroatoms. The highest BCUT2D eigenvalue weighted by atomic mass is 32.2. The summed E-state index contributed by atoms with van der Waals surface area (Å²) in [5.74, 6) is 3.20. The minimum atomic E-state index is -0.150. The van der Waals surface area contributed by atoms with Gasteiger partial charge in [-0.05, 0) is 55.0 Å². The van der Waals surface area contributed by atoms with Gasteiger partial charge < -0.3 is 5.32 Å². The average molecular weight is 239 g/mol. The number of hydrogen-bond acceptors (Lipinski definition) is 2. The van der Waals surface area contributed by atoms with Crippen LogP contribution in [0.4, 0.5) is 4.39 Å². The Morgan fingerprint density at radius 3 is 3.12 bits per heavy atom. The van der Waals surface area contributed by atoms with Crippen LogP contribution in [-0.4, -0.2) is 18.1 Å². The monoisotopic (exact) mass is 239 g/mol. The van der Waals surface area contributed by atoms with Gasteiger partial charge in [0.15, 0.2) is 0 Å². The molecule has 1 aliphatic heterocycles. The van der Waals surface area contributed by atoms with Crippen LogP contribution in [0.25, 0.3) is 0 Å². The zero-order valence-corrected chi connectivity index (χ0v) is 10.4. The molecule has 0 aromatic heterocycles. The summed E-state index contributed by atoms with van der Waals surface area (Å²) in [5, 5.41) is 3.49. The maximum Gasteiger partial charge on any atom is 0.123 e. The van der Waals surface area contributed by atoms with E-state index >= 15 is 0 Å². The lowest BCUT2D eigenvalue weighted by atomic mass is 10.1. The van der Waals surface area contributed by atoms with E-state index in [9.17, 15) is 4.39 Å². The molecule has 2 atom stereocenters. The standard InChI is InChI=1S/C13H18FNS/c1-10(12-3-2-4-13(14)7-12)15-8-11-5-6-16-9-11/h2-4,7,10-11,15H,5-6,8-9H2,1H3/t10-,11?/m0/s1. The first kappa shape index (κ1) is 11.9. The van der Waals surface area contributed by atoms with Gasteiger partial charge in [0.2, 0.25) is 0 Å². The fourth-order valence-electron chi connectivity index (χ4n) is 1.98. The molecule has 0 amide bonds. The van der Waals surface area contributed by atoms with Crippen molar-refractivity contribution in [2.24, 2.45) is 5.92 Å². The van der Waals surface area contributed by atoms with Crippen LogP contribution in [0.1, 0.15) is 24.9 Å². The molecule has 0 aliphatic carbocycles. The Morgan fingerprint density at radius 1 is 1.56 bits per heavy atom. The van der Waals surface area contributed by atoms with Crippen LogP contribution in [0.15, 0.2) is 24.3 Å². The highest BCUT2D eigenvalue weighted by Gasteiger charge is 2.16. The van der Waals surface area contributed by atoms with Gasteiger partial charge in [-0.2, -0.15) is 11.8 Å². The topological polar surface area (TPSA) is 12.0 Å². The minimum absolute atomic E-state index is 0.150. The predicted octanol–water partition coefficient (Wildman–Crippen LogP) is 3.23. The van der Waals surface area contributed by atoms with Gasteiger partial charge in [0.05, 0.1) is 0 Å². The van der Waals surface area contributed by atoms with Crippen LogP contribution in [0, 0.1) is 11.7 Å². The molecule has 1 N–H and O–H groups in total. The summed E-state index contributed by atoms with van der Waals surface area (Å²) >= 11 is 2.03. The van der Waals surface area contributed by atoms with E-state index in [0.717, 1.165) is 18.0 Å². The molecule has 1 unspecified atom stereocenters. The Balaban J connectivity index is 1.85. The van der Waals surface area contributed by atoms with Gasteiger partial charge in [-0.1, -0.05) is 12.1 Å². The summed E-state index contributed by atoms with van der Waals surface area (Å²) in [4.78, 5) is 0. The second-order valence-corrected chi connectivity index (χ2v) is 5.56. The number of hydrogen-bond donors (Lipinski definition) is 1. The van der Waals surface area contributed by atoms with Gasteiger partial charge in [-0.25, -0.2) is 4.39 Å². The molecule has 2 rings (SSSR count). The highest BCUT2D eigenvalue weighted by molar-refractivity contribution is 7.99. The molecule has 1 heterocycles. The van der Waals surface area contributed by atoms with Crippen molar-refractivity contribution in [3.8, 4) is 0 Å². The van der Waals surface area contributed by atoms with E-state index in [0.29, 0.717) is 0 Å². The van der Waals surface area contributed by atoms with Crippen molar-refractivity contribution < 1.29 is 4.39 Å². The molecule has 88 valence electrons. The number of rotatable bonds is 4. The van der Waals surface area contributed by atoms with E-state index in [1.165, 1.54) is 24.0 Å². The van der Waals surface area contributed by atoms with Crippen molar-refractivity contribution in [3.05, 3.63) is 35.6 Å². The molecule has 16 heavy (non-hydrogen) atoms. The number of benzene rings is 1. The molecule has 1 aromatic carbocycles. The molecule has 0 radical (unpaired) electrons. The van der Waals surface area contributed by atoms with Crippen LogP contribution < -0.4 is 5.32 Å². The van der Waals surface area contributed by atoms with E-state index in [1.54, 1.807) is 12.1 Å². The predicted molar refractivity (Wildman–Crippen MR) is 68.2 cm³/mol. The zero-order chi connectivity index (χ0) is 11.4. The van der Waals surface area contributed by atoms with Crippen molar-refractivity contribution in [3.63, 3.8) is 0 Å². The maximum atomic E-state index is 13.0. The molecule has 1 aliphatic rings. The van der Waals surface area contributed by atoms with Crippen LogP contribution in [0.2, 0.25) is 0 Å². The largest absolute Gasteiger partial charge is 0.310 e. The normalized spacial score (nSPS) is 22.2. The zero-order valence-electron chi connectivity index (χ0n) is 9.58.